The zero-order valence-corrected chi connectivity index (χ0v) is 14.7. The summed E-state index contributed by atoms with van der Waals surface area (Å²) in [5.74, 6) is 0.136. The Kier molecular flexibility index (Phi) is 4.90. The van der Waals surface area contributed by atoms with Crippen molar-refractivity contribution in [2.45, 2.75) is 40.2 Å². The Morgan fingerprint density at radius 1 is 1.13 bits per heavy atom. The third-order valence-corrected chi connectivity index (χ3v) is 3.41. The van der Waals surface area contributed by atoms with Crippen molar-refractivity contribution in [1.29, 1.82) is 0 Å². The van der Waals surface area contributed by atoms with Gasteiger partial charge in [0.15, 0.2) is 0 Å². The molecule has 23 heavy (non-hydrogen) atoms. The van der Waals surface area contributed by atoms with E-state index in [2.05, 4.69) is 20.6 Å². The third kappa shape index (κ3) is 4.93. The van der Waals surface area contributed by atoms with Crippen molar-refractivity contribution in [3.63, 3.8) is 0 Å². The number of rotatable bonds is 3. The van der Waals surface area contributed by atoms with E-state index in [0.717, 1.165) is 11.3 Å². The van der Waals surface area contributed by atoms with Gasteiger partial charge < -0.3 is 10.6 Å². The highest BCUT2D eigenvalue weighted by Crippen LogP contribution is 2.20. The summed E-state index contributed by atoms with van der Waals surface area (Å²) in [5, 5.41) is 6.58. The number of aromatic nitrogens is 2. The lowest BCUT2D eigenvalue weighted by Gasteiger charge is -2.20. The SMILES string of the molecule is Cc1cc(C(=O)Nc2ccc(C)c(Cl)c2)nc(NC(C)(C)C)n1. The van der Waals surface area contributed by atoms with Gasteiger partial charge in [-0.25, -0.2) is 9.97 Å². The summed E-state index contributed by atoms with van der Waals surface area (Å²) in [6, 6.07) is 7.04. The highest BCUT2D eigenvalue weighted by Gasteiger charge is 2.15. The van der Waals surface area contributed by atoms with Gasteiger partial charge in [0.2, 0.25) is 5.95 Å². The fourth-order valence-electron chi connectivity index (χ4n) is 1.94. The van der Waals surface area contributed by atoms with Gasteiger partial charge in [0, 0.05) is 21.9 Å². The van der Waals surface area contributed by atoms with E-state index in [1.165, 1.54) is 0 Å². The molecule has 0 atom stereocenters. The molecule has 2 N–H and O–H groups in total. The van der Waals surface area contributed by atoms with Crippen LogP contribution in [0.2, 0.25) is 5.02 Å². The summed E-state index contributed by atoms with van der Waals surface area (Å²) in [7, 11) is 0. The number of halogens is 1. The normalized spacial score (nSPS) is 11.2. The summed E-state index contributed by atoms with van der Waals surface area (Å²) < 4.78 is 0. The zero-order valence-electron chi connectivity index (χ0n) is 14.0. The van der Waals surface area contributed by atoms with Crippen LogP contribution in [0.15, 0.2) is 24.3 Å². The standard InChI is InChI=1S/C17H21ClN4O/c1-10-6-7-12(9-13(10)18)20-15(23)14-8-11(2)19-16(21-14)22-17(3,4)5/h6-9H,1-5H3,(H,20,23)(H,19,21,22). The summed E-state index contributed by atoms with van der Waals surface area (Å²) in [6.45, 7) is 9.76. The van der Waals surface area contributed by atoms with E-state index < -0.39 is 0 Å². The van der Waals surface area contributed by atoms with Crippen LogP contribution in [-0.2, 0) is 0 Å². The van der Waals surface area contributed by atoms with Crippen molar-refractivity contribution in [1.82, 2.24) is 9.97 Å². The molecule has 0 bridgehead atoms. The minimum Gasteiger partial charge on any atom is -0.350 e. The lowest BCUT2D eigenvalue weighted by atomic mass is 10.1. The fraction of sp³-hybridized carbons (Fsp3) is 0.353. The Labute approximate surface area is 141 Å². The van der Waals surface area contributed by atoms with Crippen LogP contribution in [0.4, 0.5) is 11.6 Å². The average molecular weight is 333 g/mol. The van der Waals surface area contributed by atoms with Gasteiger partial charge >= 0.3 is 0 Å². The van der Waals surface area contributed by atoms with Crippen LogP contribution in [0.1, 0.15) is 42.5 Å². The summed E-state index contributed by atoms with van der Waals surface area (Å²) in [5.41, 5.74) is 2.43. The minimum absolute atomic E-state index is 0.188. The van der Waals surface area contributed by atoms with Gasteiger partial charge in [0.25, 0.3) is 5.91 Å². The van der Waals surface area contributed by atoms with Crippen LogP contribution in [0.25, 0.3) is 0 Å². The maximum Gasteiger partial charge on any atom is 0.274 e. The van der Waals surface area contributed by atoms with E-state index in [1.54, 1.807) is 12.1 Å². The Bertz CT molecular complexity index is 738. The molecular weight excluding hydrogens is 312 g/mol. The Morgan fingerprint density at radius 3 is 2.43 bits per heavy atom. The summed E-state index contributed by atoms with van der Waals surface area (Å²) in [6.07, 6.45) is 0. The number of hydrogen-bond acceptors (Lipinski definition) is 4. The first-order chi connectivity index (χ1) is 10.6. The van der Waals surface area contributed by atoms with Gasteiger partial charge in [-0.3, -0.25) is 4.79 Å². The maximum atomic E-state index is 12.4. The first-order valence-corrected chi connectivity index (χ1v) is 7.73. The molecule has 2 aromatic rings. The van der Waals surface area contributed by atoms with Gasteiger partial charge in [-0.05, 0) is 58.4 Å². The molecule has 0 saturated carbocycles. The lowest BCUT2D eigenvalue weighted by molar-refractivity contribution is 0.102. The molecule has 5 nitrogen and oxygen atoms in total. The molecule has 122 valence electrons. The monoisotopic (exact) mass is 332 g/mol. The van der Waals surface area contributed by atoms with E-state index in [9.17, 15) is 4.79 Å². The Hall–Kier alpha value is -2.14. The molecule has 0 radical (unpaired) electrons. The average Bonchev–Trinajstić information content (AvgIpc) is 2.40. The highest BCUT2D eigenvalue weighted by atomic mass is 35.5. The van der Waals surface area contributed by atoms with Crippen LogP contribution in [0, 0.1) is 13.8 Å². The molecule has 0 saturated heterocycles. The molecule has 0 aliphatic rings. The Morgan fingerprint density at radius 2 is 1.83 bits per heavy atom. The quantitative estimate of drug-likeness (QED) is 0.883. The number of aryl methyl sites for hydroxylation is 2. The van der Waals surface area contributed by atoms with Gasteiger partial charge in [-0.1, -0.05) is 17.7 Å². The molecule has 0 fully saturated rings. The first-order valence-electron chi connectivity index (χ1n) is 7.35. The molecule has 0 aliphatic carbocycles. The second-order valence-corrected chi connectivity index (χ2v) is 6.92. The van der Waals surface area contributed by atoms with Crippen molar-refractivity contribution >= 4 is 29.1 Å². The number of carbonyl (C=O) groups is 1. The molecule has 1 aromatic heterocycles. The van der Waals surface area contributed by atoms with Crippen LogP contribution >= 0.6 is 11.6 Å². The molecule has 1 amide bonds. The van der Waals surface area contributed by atoms with E-state index in [-0.39, 0.29) is 11.4 Å². The van der Waals surface area contributed by atoms with E-state index in [1.807, 2.05) is 46.8 Å². The predicted octanol–water partition coefficient (Wildman–Crippen LogP) is 4.21. The predicted molar refractivity (Wildman–Crippen MR) is 94.3 cm³/mol. The van der Waals surface area contributed by atoms with Gasteiger partial charge in [0.05, 0.1) is 0 Å². The molecule has 0 unspecified atom stereocenters. The van der Waals surface area contributed by atoms with Crippen LogP contribution in [0.3, 0.4) is 0 Å². The molecule has 0 spiro atoms. The molecule has 2 rings (SSSR count). The number of benzene rings is 1. The number of nitrogens with zero attached hydrogens (tertiary/aromatic N) is 2. The minimum atomic E-state index is -0.299. The van der Waals surface area contributed by atoms with Crippen molar-refractivity contribution in [2.24, 2.45) is 0 Å². The van der Waals surface area contributed by atoms with E-state index in [4.69, 9.17) is 11.6 Å². The van der Waals surface area contributed by atoms with Crippen LogP contribution < -0.4 is 10.6 Å². The van der Waals surface area contributed by atoms with E-state index >= 15 is 0 Å². The molecular formula is C17H21ClN4O. The second kappa shape index (κ2) is 6.54. The highest BCUT2D eigenvalue weighted by molar-refractivity contribution is 6.31. The lowest BCUT2D eigenvalue weighted by Crippen LogP contribution is -2.28. The molecule has 1 aromatic carbocycles. The topological polar surface area (TPSA) is 66.9 Å². The first kappa shape index (κ1) is 17.2. The fourth-order valence-corrected chi connectivity index (χ4v) is 2.12. The summed E-state index contributed by atoms with van der Waals surface area (Å²) >= 11 is 6.08. The van der Waals surface area contributed by atoms with E-state index in [0.29, 0.717) is 22.4 Å². The van der Waals surface area contributed by atoms with Crippen LogP contribution in [0.5, 0.6) is 0 Å². The van der Waals surface area contributed by atoms with Crippen molar-refractivity contribution in [3.05, 3.63) is 46.2 Å². The largest absolute Gasteiger partial charge is 0.350 e. The number of amides is 1. The molecule has 0 aliphatic heterocycles. The number of hydrogen-bond donors (Lipinski definition) is 2. The third-order valence-electron chi connectivity index (χ3n) is 3.00. The van der Waals surface area contributed by atoms with Crippen molar-refractivity contribution in [3.8, 4) is 0 Å². The smallest absolute Gasteiger partial charge is 0.274 e. The van der Waals surface area contributed by atoms with Gasteiger partial charge in [-0.2, -0.15) is 0 Å². The van der Waals surface area contributed by atoms with Gasteiger partial charge in [-0.15, -0.1) is 0 Å². The van der Waals surface area contributed by atoms with Crippen LogP contribution in [-0.4, -0.2) is 21.4 Å². The molecule has 1 heterocycles. The van der Waals surface area contributed by atoms with Crippen molar-refractivity contribution in [2.75, 3.05) is 10.6 Å². The second-order valence-electron chi connectivity index (χ2n) is 6.51. The maximum absolute atomic E-state index is 12.4. The number of anilines is 2. The summed E-state index contributed by atoms with van der Waals surface area (Å²) in [4.78, 5) is 21.0. The number of nitrogens with one attached hydrogen (secondary N) is 2. The van der Waals surface area contributed by atoms with Crippen molar-refractivity contribution < 1.29 is 4.79 Å². The Balaban J connectivity index is 2.23. The molecule has 6 heteroatoms. The number of carbonyl (C=O) groups excluding carboxylic acids is 1. The van der Waals surface area contributed by atoms with Gasteiger partial charge in [0.1, 0.15) is 5.69 Å². The zero-order chi connectivity index (χ0) is 17.2.